The third-order valence-corrected chi connectivity index (χ3v) is 8.37. The van der Waals surface area contributed by atoms with Crippen LogP contribution in [0.25, 0.3) is 0 Å². The fourth-order valence-electron chi connectivity index (χ4n) is 4.34. The van der Waals surface area contributed by atoms with Crippen LogP contribution in [0.3, 0.4) is 0 Å². The Bertz CT molecular complexity index is 1220. The standard InChI is InChI=1S/C29H40BrN7S/c1-5-6-7-29(38-26-20-25(30)9-8-22(26)2)34-28-19-24(21-37-13-11-31-23(37)3)18-27(33-28)32-10-12-36-16-14-35(4)15-17-36/h7-9,11,13,18-20H,5-6,10,12,14-17,21H2,1-4H3,(H2,32,33,34)/b29-7+. The number of aryl methyl sites for hydroxylation is 2. The van der Waals surface area contributed by atoms with Gasteiger partial charge >= 0.3 is 0 Å². The van der Waals surface area contributed by atoms with Crippen LogP contribution in [0.1, 0.15) is 36.7 Å². The molecule has 0 spiro atoms. The molecule has 2 aromatic heterocycles. The van der Waals surface area contributed by atoms with E-state index in [4.69, 9.17) is 4.98 Å². The molecule has 0 atom stereocenters. The summed E-state index contributed by atoms with van der Waals surface area (Å²) in [5.41, 5.74) is 2.44. The first kappa shape index (κ1) is 28.7. The van der Waals surface area contributed by atoms with Gasteiger partial charge in [-0.1, -0.05) is 53.2 Å². The van der Waals surface area contributed by atoms with E-state index in [1.165, 1.54) is 16.0 Å². The van der Waals surface area contributed by atoms with E-state index < -0.39 is 0 Å². The number of likely N-dealkylation sites (N-methyl/N-ethyl adjacent to an activating group) is 1. The number of halogens is 1. The van der Waals surface area contributed by atoms with Gasteiger partial charge in [-0.2, -0.15) is 0 Å². The molecule has 1 aromatic carbocycles. The number of hydrogen-bond acceptors (Lipinski definition) is 7. The predicted molar refractivity (Wildman–Crippen MR) is 164 cm³/mol. The second-order valence-corrected chi connectivity index (χ2v) is 11.9. The maximum atomic E-state index is 4.97. The first-order valence-electron chi connectivity index (χ1n) is 13.4. The Balaban J connectivity index is 1.52. The molecule has 0 aliphatic carbocycles. The van der Waals surface area contributed by atoms with E-state index in [-0.39, 0.29) is 0 Å². The number of nitrogens with one attached hydrogen (secondary N) is 2. The molecule has 0 amide bonds. The number of allylic oxidation sites excluding steroid dienone is 1. The molecule has 7 nitrogen and oxygen atoms in total. The second-order valence-electron chi connectivity index (χ2n) is 9.91. The molecule has 3 heterocycles. The van der Waals surface area contributed by atoms with Crippen molar-refractivity contribution in [2.45, 2.75) is 45.1 Å². The SMILES string of the molecule is CCC/C=C(\Nc1cc(Cn2ccnc2C)cc(NCCN2CCN(C)CC2)n1)Sc1cc(Br)ccc1C. The van der Waals surface area contributed by atoms with Gasteiger partial charge in [0.15, 0.2) is 0 Å². The molecule has 4 rings (SSSR count). The molecule has 1 fully saturated rings. The lowest BCUT2D eigenvalue weighted by Crippen LogP contribution is -2.45. The van der Waals surface area contributed by atoms with Crippen LogP contribution in [0.4, 0.5) is 11.6 Å². The van der Waals surface area contributed by atoms with E-state index in [2.05, 4.69) is 103 Å². The van der Waals surface area contributed by atoms with Crippen molar-refractivity contribution in [1.82, 2.24) is 24.3 Å². The Morgan fingerprint density at radius 2 is 1.89 bits per heavy atom. The minimum Gasteiger partial charge on any atom is -0.369 e. The summed E-state index contributed by atoms with van der Waals surface area (Å²) in [6.07, 6.45) is 8.26. The Kier molecular flexibility index (Phi) is 10.7. The van der Waals surface area contributed by atoms with Crippen molar-refractivity contribution in [3.8, 4) is 0 Å². The Hall–Kier alpha value is -2.33. The molecule has 38 heavy (non-hydrogen) atoms. The molecule has 9 heteroatoms. The number of imidazole rings is 1. The summed E-state index contributed by atoms with van der Waals surface area (Å²) in [7, 11) is 2.20. The van der Waals surface area contributed by atoms with Gasteiger partial charge in [0.1, 0.15) is 17.5 Å². The van der Waals surface area contributed by atoms with E-state index in [9.17, 15) is 0 Å². The van der Waals surface area contributed by atoms with Crippen molar-refractivity contribution in [3.63, 3.8) is 0 Å². The van der Waals surface area contributed by atoms with Crippen LogP contribution >= 0.6 is 27.7 Å². The average Bonchev–Trinajstić information content (AvgIpc) is 3.30. The molecule has 1 saturated heterocycles. The maximum absolute atomic E-state index is 4.97. The van der Waals surface area contributed by atoms with Gasteiger partial charge in [-0.3, -0.25) is 4.90 Å². The highest BCUT2D eigenvalue weighted by atomic mass is 79.9. The summed E-state index contributed by atoms with van der Waals surface area (Å²) in [4.78, 5) is 15.5. The number of thioether (sulfide) groups is 1. The topological polar surface area (TPSA) is 61.3 Å². The quantitative estimate of drug-likeness (QED) is 0.241. The molecule has 1 aliphatic rings. The highest BCUT2D eigenvalue weighted by molar-refractivity contribution is 9.10. The molecular formula is C29H40BrN7S. The van der Waals surface area contributed by atoms with E-state index in [0.29, 0.717) is 0 Å². The lowest BCUT2D eigenvalue weighted by molar-refractivity contribution is 0.158. The highest BCUT2D eigenvalue weighted by Gasteiger charge is 2.14. The fraction of sp³-hybridized carbons (Fsp3) is 0.448. The van der Waals surface area contributed by atoms with Gasteiger partial charge in [0.2, 0.25) is 0 Å². The summed E-state index contributed by atoms with van der Waals surface area (Å²) in [5, 5.41) is 8.34. The van der Waals surface area contributed by atoms with E-state index >= 15 is 0 Å². The molecular weight excluding hydrogens is 558 g/mol. The molecule has 0 saturated carbocycles. The molecule has 2 N–H and O–H groups in total. The van der Waals surface area contributed by atoms with E-state index in [0.717, 1.165) is 85.6 Å². The number of anilines is 2. The molecule has 3 aromatic rings. The third kappa shape index (κ3) is 8.59. The van der Waals surface area contributed by atoms with Crippen LogP contribution in [0.2, 0.25) is 0 Å². The number of hydrogen-bond donors (Lipinski definition) is 2. The Labute approximate surface area is 240 Å². The molecule has 0 unspecified atom stereocenters. The first-order chi connectivity index (χ1) is 18.4. The summed E-state index contributed by atoms with van der Waals surface area (Å²) >= 11 is 5.38. The van der Waals surface area contributed by atoms with E-state index in [1.807, 2.05) is 19.3 Å². The van der Waals surface area contributed by atoms with Gasteiger partial charge in [0.05, 0.1) is 5.03 Å². The lowest BCUT2D eigenvalue weighted by atomic mass is 10.2. The predicted octanol–water partition coefficient (Wildman–Crippen LogP) is 6.21. The van der Waals surface area contributed by atoms with Crippen molar-refractivity contribution < 1.29 is 0 Å². The number of piperazine rings is 1. The zero-order chi connectivity index (χ0) is 26.9. The Morgan fingerprint density at radius 1 is 1.11 bits per heavy atom. The first-order valence-corrected chi connectivity index (χ1v) is 15.0. The van der Waals surface area contributed by atoms with Crippen molar-refractivity contribution in [3.05, 3.63) is 75.3 Å². The number of benzene rings is 1. The van der Waals surface area contributed by atoms with Gasteiger partial charge in [0.25, 0.3) is 0 Å². The second kappa shape index (κ2) is 14.2. The van der Waals surface area contributed by atoms with Crippen LogP contribution in [-0.4, -0.2) is 70.7 Å². The summed E-state index contributed by atoms with van der Waals surface area (Å²) in [5.74, 6) is 2.75. The third-order valence-electron chi connectivity index (χ3n) is 6.73. The largest absolute Gasteiger partial charge is 0.369 e. The lowest BCUT2D eigenvalue weighted by Gasteiger charge is -2.32. The zero-order valence-corrected chi connectivity index (χ0v) is 25.4. The van der Waals surface area contributed by atoms with Gasteiger partial charge in [0, 0.05) is 67.6 Å². The van der Waals surface area contributed by atoms with Crippen molar-refractivity contribution in [2.75, 3.05) is 56.9 Å². The minimum atomic E-state index is 0.752. The number of pyridine rings is 1. The van der Waals surface area contributed by atoms with Gasteiger partial charge < -0.3 is 20.1 Å². The van der Waals surface area contributed by atoms with Crippen molar-refractivity contribution in [1.29, 1.82) is 0 Å². The average molecular weight is 599 g/mol. The molecule has 0 bridgehead atoms. The van der Waals surface area contributed by atoms with Crippen LogP contribution in [-0.2, 0) is 6.54 Å². The summed E-state index contributed by atoms with van der Waals surface area (Å²) in [6, 6.07) is 10.7. The summed E-state index contributed by atoms with van der Waals surface area (Å²) < 4.78 is 3.25. The van der Waals surface area contributed by atoms with Gasteiger partial charge in [-0.25, -0.2) is 9.97 Å². The van der Waals surface area contributed by atoms with Crippen molar-refractivity contribution >= 4 is 39.3 Å². The van der Waals surface area contributed by atoms with Crippen LogP contribution in [0, 0.1) is 13.8 Å². The fourth-order valence-corrected chi connectivity index (χ4v) is 5.86. The Morgan fingerprint density at radius 3 is 2.63 bits per heavy atom. The zero-order valence-electron chi connectivity index (χ0n) is 23.0. The van der Waals surface area contributed by atoms with Crippen LogP contribution in [0.5, 0.6) is 0 Å². The van der Waals surface area contributed by atoms with Crippen molar-refractivity contribution in [2.24, 2.45) is 0 Å². The van der Waals surface area contributed by atoms with E-state index in [1.54, 1.807) is 11.8 Å². The highest BCUT2D eigenvalue weighted by Crippen LogP contribution is 2.33. The van der Waals surface area contributed by atoms with Gasteiger partial charge in [-0.05, 0) is 62.7 Å². The number of aromatic nitrogens is 3. The number of unbranched alkanes of at least 4 members (excludes halogenated alkanes) is 1. The normalized spacial score (nSPS) is 15.1. The van der Waals surface area contributed by atoms with Gasteiger partial charge in [-0.15, -0.1) is 0 Å². The maximum Gasteiger partial charge on any atom is 0.133 e. The minimum absolute atomic E-state index is 0.752. The van der Waals surface area contributed by atoms with Crippen LogP contribution in [0.15, 0.2) is 63.2 Å². The monoisotopic (exact) mass is 597 g/mol. The molecule has 1 aliphatic heterocycles. The summed E-state index contributed by atoms with van der Waals surface area (Å²) in [6.45, 7) is 13.5. The molecule has 0 radical (unpaired) electrons. The van der Waals surface area contributed by atoms with Crippen LogP contribution < -0.4 is 10.6 Å². The number of nitrogens with zero attached hydrogens (tertiary/aromatic N) is 5. The molecule has 204 valence electrons. The smallest absolute Gasteiger partial charge is 0.133 e. The number of rotatable bonds is 12.